The molecule has 1 fully saturated rings. The standard InChI is InChI=1S/C21H22FN3O3/c22-18-9-5-4-8-17(18)21(28)25-12-10-15(11-13-25)14-23-19(26)20(27)24-16-6-2-1-3-7-16/h1-9,15H,10-14H2,(H,23,26)(H,24,27). The van der Waals surface area contributed by atoms with E-state index in [0.717, 1.165) is 0 Å². The van der Waals surface area contributed by atoms with E-state index in [1.54, 1.807) is 41.3 Å². The quantitative estimate of drug-likeness (QED) is 0.796. The van der Waals surface area contributed by atoms with Crippen molar-refractivity contribution in [3.8, 4) is 0 Å². The number of hydrogen-bond donors (Lipinski definition) is 2. The number of piperidine rings is 1. The summed E-state index contributed by atoms with van der Waals surface area (Å²) in [5.41, 5.74) is 0.634. The third-order valence-corrected chi connectivity index (χ3v) is 4.80. The third-order valence-electron chi connectivity index (χ3n) is 4.80. The van der Waals surface area contributed by atoms with Gasteiger partial charge in [-0.2, -0.15) is 0 Å². The van der Waals surface area contributed by atoms with Crippen LogP contribution in [-0.4, -0.2) is 42.3 Å². The van der Waals surface area contributed by atoms with E-state index >= 15 is 0 Å². The minimum absolute atomic E-state index is 0.0758. The average Bonchev–Trinajstić information content (AvgIpc) is 2.73. The summed E-state index contributed by atoms with van der Waals surface area (Å²) in [6.45, 7) is 1.34. The summed E-state index contributed by atoms with van der Waals surface area (Å²) in [4.78, 5) is 37.9. The molecule has 2 N–H and O–H groups in total. The van der Waals surface area contributed by atoms with Gasteiger partial charge in [-0.05, 0) is 43.0 Å². The maximum atomic E-state index is 13.8. The second-order valence-corrected chi connectivity index (χ2v) is 6.75. The maximum Gasteiger partial charge on any atom is 0.313 e. The molecule has 146 valence electrons. The Morgan fingerprint density at radius 2 is 1.57 bits per heavy atom. The molecule has 6 nitrogen and oxygen atoms in total. The molecule has 0 radical (unpaired) electrons. The fourth-order valence-corrected chi connectivity index (χ4v) is 3.17. The lowest BCUT2D eigenvalue weighted by molar-refractivity contribution is -0.136. The van der Waals surface area contributed by atoms with E-state index in [2.05, 4.69) is 10.6 Å². The Balaban J connectivity index is 1.43. The Morgan fingerprint density at radius 1 is 0.929 bits per heavy atom. The van der Waals surface area contributed by atoms with Crippen LogP contribution in [0.15, 0.2) is 54.6 Å². The molecule has 0 atom stereocenters. The first kappa shape index (κ1) is 19.5. The summed E-state index contributed by atoms with van der Waals surface area (Å²) >= 11 is 0. The van der Waals surface area contributed by atoms with Crippen LogP contribution in [0.5, 0.6) is 0 Å². The molecule has 0 saturated carbocycles. The molecule has 28 heavy (non-hydrogen) atoms. The fourth-order valence-electron chi connectivity index (χ4n) is 3.17. The number of rotatable bonds is 4. The number of halogens is 1. The number of benzene rings is 2. The summed E-state index contributed by atoms with van der Waals surface area (Å²) in [5, 5.41) is 5.18. The topological polar surface area (TPSA) is 78.5 Å². The molecule has 1 heterocycles. The van der Waals surface area contributed by atoms with Crippen LogP contribution >= 0.6 is 0 Å². The molecule has 1 aliphatic rings. The highest BCUT2D eigenvalue weighted by Gasteiger charge is 2.26. The molecule has 1 saturated heterocycles. The molecule has 1 aliphatic heterocycles. The molecule has 0 bridgehead atoms. The minimum Gasteiger partial charge on any atom is -0.348 e. The van der Waals surface area contributed by atoms with Crippen LogP contribution in [0.1, 0.15) is 23.2 Å². The predicted molar refractivity (Wildman–Crippen MR) is 103 cm³/mol. The molecule has 0 aromatic heterocycles. The van der Waals surface area contributed by atoms with Gasteiger partial charge in [0.2, 0.25) is 0 Å². The van der Waals surface area contributed by atoms with E-state index in [-0.39, 0.29) is 17.4 Å². The van der Waals surface area contributed by atoms with Crippen molar-refractivity contribution in [1.82, 2.24) is 10.2 Å². The number of likely N-dealkylation sites (tertiary alicyclic amines) is 1. The molecule has 3 amide bonds. The Bertz CT molecular complexity index is 849. The molecule has 3 rings (SSSR count). The van der Waals surface area contributed by atoms with Crippen molar-refractivity contribution in [3.63, 3.8) is 0 Å². The SMILES string of the molecule is O=C(NCC1CCN(C(=O)c2ccccc2F)CC1)C(=O)Nc1ccccc1. The Labute approximate surface area is 162 Å². The van der Waals surface area contributed by atoms with Gasteiger partial charge in [0.25, 0.3) is 5.91 Å². The van der Waals surface area contributed by atoms with Crippen LogP contribution in [0.2, 0.25) is 0 Å². The lowest BCUT2D eigenvalue weighted by Crippen LogP contribution is -2.43. The smallest absolute Gasteiger partial charge is 0.313 e. The van der Waals surface area contributed by atoms with Gasteiger partial charge < -0.3 is 15.5 Å². The van der Waals surface area contributed by atoms with Gasteiger partial charge in [-0.25, -0.2) is 4.39 Å². The van der Waals surface area contributed by atoms with Crippen molar-refractivity contribution in [1.29, 1.82) is 0 Å². The van der Waals surface area contributed by atoms with Gasteiger partial charge in [0.15, 0.2) is 0 Å². The molecule has 0 aliphatic carbocycles. The number of anilines is 1. The largest absolute Gasteiger partial charge is 0.348 e. The molecule has 0 spiro atoms. The summed E-state index contributed by atoms with van der Waals surface area (Å²) in [6, 6.07) is 14.7. The Kier molecular flexibility index (Phi) is 6.37. The normalized spacial score (nSPS) is 14.4. The number of nitrogens with one attached hydrogen (secondary N) is 2. The number of nitrogens with zero attached hydrogens (tertiary/aromatic N) is 1. The van der Waals surface area contributed by atoms with E-state index in [0.29, 0.717) is 38.2 Å². The second-order valence-electron chi connectivity index (χ2n) is 6.75. The maximum absolute atomic E-state index is 13.8. The van der Waals surface area contributed by atoms with Crippen LogP contribution in [-0.2, 0) is 9.59 Å². The van der Waals surface area contributed by atoms with Gasteiger partial charge in [-0.3, -0.25) is 14.4 Å². The minimum atomic E-state index is -0.710. The number of para-hydroxylation sites is 1. The van der Waals surface area contributed by atoms with Crippen LogP contribution < -0.4 is 10.6 Å². The lowest BCUT2D eigenvalue weighted by Gasteiger charge is -2.32. The highest BCUT2D eigenvalue weighted by atomic mass is 19.1. The van der Waals surface area contributed by atoms with Gasteiger partial charge in [0, 0.05) is 25.3 Å². The number of carbonyl (C=O) groups excluding carboxylic acids is 3. The monoisotopic (exact) mass is 383 g/mol. The summed E-state index contributed by atoms with van der Waals surface area (Å²) in [7, 11) is 0. The van der Waals surface area contributed by atoms with Crippen LogP contribution in [0.3, 0.4) is 0 Å². The predicted octanol–water partition coefficient (Wildman–Crippen LogP) is 2.43. The number of amides is 3. The van der Waals surface area contributed by atoms with Gasteiger partial charge >= 0.3 is 11.8 Å². The van der Waals surface area contributed by atoms with Crippen molar-refractivity contribution in [3.05, 3.63) is 66.0 Å². The molecular formula is C21H22FN3O3. The van der Waals surface area contributed by atoms with Crippen LogP contribution in [0.25, 0.3) is 0 Å². The highest BCUT2D eigenvalue weighted by molar-refractivity contribution is 6.39. The van der Waals surface area contributed by atoms with Crippen molar-refractivity contribution in [2.75, 3.05) is 25.0 Å². The van der Waals surface area contributed by atoms with Crippen molar-refractivity contribution in [2.24, 2.45) is 5.92 Å². The molecule has 0 unspecified atom stereocenters. The molecular weight excluding hydrogens is 361 g/mol. The number of carbonyl (C=O) groups is 3. The van der Waals surface area contributed by atoms with E-state index < -0.39 is 17.6 Å². The molecule has 2 aromatic rings. The first-order valence-corrected chi connectivity index (χ1v) is 9.22. The molecule has 2 aromatic carbocycles. The zero-order valence-electron chi connectivity index (χ0n) is 15.4. The third kappa shape index (κ3) is 4.94. The van der Waals surface area contributed by atoms with Crippen LogP contribution in [0.4, 0.5) is 10.1 Å². The first-order valence-electron chi connectivity index (χ1n) is 9.22. The van der Waals surface area contributed by atoms with E-state index in [4.69, 9.17) is 0 Å². The summed E-state index contributed by atoms with van der Waals surface area (Å²) < 4.78 is 13.8. The van der Waals surface area contributed by atoms with Gasteiger partial charge in [0.1, 0.15) is 5.82 Å². The van der Waals surface area contributed by atoms with Crippen molar-refractivity contribution < 1.29 is 18.8 Å². The lowest BCUT2D eigenvalue weighted by atomic mass is 9.96. The second kappa shape index (κ2) is 9.12. The van der Waals surface area contributed by atoms with Crippen molar-refractivity contribution in [2.45, 2.75) is 12.8 Å². The van der Waals surface area contributed by atoms with Gasteiger partial charge in [-0.15, -0.1) is 0 Å². The molecule has 7 heteroatoms. The van der Waals surface area contributed by atoms with Gasteiger partial charge in [0.05, 0.1) is 5.56 Å². The van der Waals surface area contributed by atoms with Crippen molar-refractivity contribution >= 4 is 23.4 Å². The average molecular weight is 383 g/mol. The fraction of sp³-hybridized carbons (Fsp3) is 0.286. The van der Waals surface area contributed by atoms with E-state index in [1.165, 1.54) is 12.1 Å². The zero-order valence-corrected chi connectivity index (χ0v) is 15.4. The Morgan fingerprint density at radius 3 is 2.25 bits per heavy atom. The van der Waals surface area contributed by atoms with Gasteiger partial charge in [-0.1, -0.05) is 30.3 Å². The first-order chi connectivity index (χ1) is 13.5. The highest BCUT2D eigenvalue weighted by Crippen LogP contribution is 2.19. The Hall–Kier alpha value is -3.22. The summed E-state index contributed by atoms with van der Waals surface area (Å²) in [5.74, 6) is -2.07. The zero-order chi connectivity index (χ0) is 19.9. The van der Waals surface area contributed by atoms with E-state index in [1.807, 2.05) is 6.07 Å². The summed E-state index contributed by atoms with van der Waals surface area (Å²) in [6.07, 6.45) is 1.36. The number of hydrogen-bond acceptors (Lipinski definition) is 3. The van der Waals surface area contributed by atoms with E-state index in [9.17, 15) is 18.8 Å². The van der Waals surface area contributed by atoms with Crippen LogP contribution in [0, 0.1) is 11.7 Å².